The Morgan fingerprint density at radius 2 is 1.50 bits per heavy atom. The highest BCUT2D eigenvalue weighted by atomic mass is 32.2. The van der Waals surface area contributed by atoms with Crippen LogP contribution in [0.3, 0.4) is 0 Å². The number of halogens is 3. The summed E-state index contributed by atoms with van der Waals surface area (Å²) in [6, 6.07) is 0. The largest absolute Gasteiger partial charge is 0.523 e. The first-order valence-electron chi connectivity index (χ1n) is 4.10. The van der Waals surface area contributed by atoms with Gasteiger partial charge in [-0.05, 0) is 19.8 Å². The van der Waals surface area contributed by atoms with Gasteiger partial charge in [0.1, 0.15) is 0 Å². The van der Waals surface area contributed by atoms with E-state index in [1.807, 2.05) is 0 Å². The lowest BCUT2D eigenvalue weighted by Gasteiger charge is -2.26. The van der Waals surface area contributed by atoms with Gasteiger partial charge < -0.3 is 0 Å². The number of alkyl halides is 3. The molecule has 0 radical (unpaired) electrons. The minimum atomic E-state index is -5.48. The summed E-state index contributed by atoms with van der Waals surface area (Å²) in [6.45, 7) is 4.46. The van der Waals surface area contributed by atoms with Crippen LogP contribution < -0.4 is 0 Å². The van der Waals surface area contributed by atoms with Crippen molar-refractivity contribution in [3.63, 3.8) is 0 Å². The molecular weight excluding hydrogens is 221 g/mol. The van der Waals surface area contributed by atoms with Crippen molar-refractivity contribution in [1.82, 2.24) is 0 Å². The van der Waals surface area contributed by atoms with E-state index in [9.17, 15) is 21.6 Å². The highest BCUT2D eigenvalue weighted by Crippen LogP contribution is 2.31. The molecule has 14 heavy (non-hydrogen) atoms. The van der Waals surface area contributed by atoms with Gasteiger partial charge in [-0.15, -0.1) is 0 Å². The van der Waals surface area contributed by atoms with Crippen LogP contribution in [-0.4, -0.2) is 19.5 Å². The van der Waals surface area contributed by atoms with Crippen molar-refractivity contribution in [3.8, 4) is 0 Å². The summed E-state index contributed by atoms with van der Waals surface area (Å²) in [6.07, 6.45) is 0.387. The molecule has 0 saturated carbocycles. The zero-order chi connectivity index (χ0) is 11.6. The summed E-state index contributed by atoms with van der Waals surface area (Å²) in [5, 5.41) is 0. The van der Waals surface area contributed by atoms with E-state index in [1.54, 1.807) is 13.8 Å². The predicted octanol–water partition coefficient (Wildman–Crippen LogP) is 2.43. The zero-order valence-electron chi connectivity index (χ0n) is 8.18. The van der Waals surface area contributed by atoms with E-state index < -0.39 is 21.2 Å². The molecule has 0 aliphatic heterocycles. The first-order valence-corrected chi connectivity index (χ1v) is 5.50. The Kier molecular flexibility index (Phi) is 3.97. The van der Waals surface area contributed by atoms with Crippen molar-refractivity contribution in [2.24, 2.45) is 0 Å². The molecule has 0 aromatic heterocycles. The highest BCUT2D eigenvalue weighted by molar-refractivity contribution is 7.87. The van der Waals surface area contributed by atoms with Crippen molar-refractivity contribution >= 4 is 10.1 Å². The Morgan fingerprint density at radius 3 is 1.71 bits per heavy atom. The average Bonchev–Trinajstić information content (AvgIpc) is 2.01. The van der Waals surface area contributed by atoms with Crippen LogP contribution in [-0.2, 0) is 14.3 Å². The second-order valence-corrected chi connectivity index (χ2v) is 4.68. The van der Waals surface area contributed by atoms with Crippen LogP contribution in [0.4, 0.5) is 13.2 Å². The highest BCUT2D eigenvalue weighted by Gasteiger charge is 2.50. The number of hydrogen-bond donors (Lipinski definition) is 0. The second-order valence-electron chi connectivity index (χ2n) is 3.14. The molecule has 0 heterocycles. The summed E-state index contributed by atoms with van der Waals surface area (Å²) >= 11 is 0. The van der Waals surface area contributed by atoms with Gasteiger partial charge >= 0.3 is 15.6 Å². The fraction of sp³-hybridized carbons (Fsp3) is 1.00. The molecule has 0 atom stereocenters. The molecule has 0 amide bonds. The summed E-state index contributed by atoms with van der Waals surface area (Å²) in [7, 11) is -5.48. The molecule has 0 aliphatic carbocycles. The van der Waals surface area contributed by atoms with E-state index in [4.69, 9.17) is 0 Å². The molecule has 0 aromatic carbocycles. The minimum Gasteiger partial charge on any atom is -0.257 e. The lowest BCUT2D eigenvalue weighted by Crippen LogP contribution is -2.36. The molecule has 3 nitrogen and oxygen atoms in total. The number of hydrogen-bond acceptors (Lipinski definition) is 3. The van der Waals surface area contributed by atoms with Crippen molar-refractivity contribution in [2.75, 3.05) is 0 Å². The minimum absolute atomic E-state index is 0.193. The fourth-order valence-corrected chi connectivity index (χ4v) is 1.54. The van der Waals surface area contributed by atoms with Gasteiger partial charge in [0.2, 0.25) is 0 Å². The van der Waals surface area contributed by atoms with E-state index in [1.165, 1.54) is 6.92 Å². The van der Waals surface area contributed by atoms with Crippen LogP contribution >= 0.6 is 0 Å². The third-order valence-electron chi connectivity index (χ3n) is 2.09. The van der Waals surface area contributed by atoms with E-state index in [-0.39, 0.29) is 12.8 Å². The fourth-order valence-electron chi connectivity index (χ4n) is 0.680. The molecule has 0 fully saturated rings. The topological polar surface area (TPSA) is 43.4 Å². The van der Waals surface area contributed by atoms with Crippen LogP contribution in [0.25, 0.3) is 0 Å². The maximum absolute atomic E-state index is 11.9. The van der Waals surface area contributed by atoms with Crippen molar-refractivity contribution in [3.05, 3.63) is 0 Å². The first kappa shape index (κ1) is 13.7. The Bertz CT molecular complexity index is 277. The third kappa shape index (κ3) is 3.13. The number of rotatable bonds is 4. The van der Waals surface area contributed by atoms with E-state index >= 15 is 0 Å². The van der Waals surface area contributed by atoms with Crippen LogP contribution in [0.1, 0.15) is 33.6 Å². The Labute approximate surface area is 81.4 Å². The molecule has 0 spiro atoms. The van der Waals surface area contributed by atoms with Crippen LogP contribution in [0, 0.1) is 0 Å². The quantitative estimate of drug-likeness (QED) is 0.554. The predicted molar refractivity (Wildman–Crippen MR) is 45.0 cm³/mol. The van der Waals surface area contributed by atoms with Crippen LogP contribution in [0.15, 0.2) is 0 Å². The molecule has 0 aliphatic rings. The van der Waals surface area contributed by atoms with Crippen molar-refractivity contribution in [1.29, 1.82) is 0 Å². The zero-order valence-corrected chi connectivity index (χ0v) is 9.00. The van der Waals surface area contributed by atoms with Gasteiger partial charge in [-0.1, -0.05) is 13.8 Å². The third-order valence-corrected chi connectivity index (χ3v) is 3.28. The first-order chi connectivity index (χ1) is 6.08. The lowest BCUT2D eigenvalue weighted by atomic mass is 10.0. The van der Waals surface area contributed by atoms with Gasteiger partial charge in [-0.3, -0.25) is 4.18 Å². The van der Waals surface area contributed by atoms with E-state index in [0.29, 0.717) is 0 Å². The average molecular weight is 234 g/mol. The molecule has 0 saturated heterocycles. The monoisotopic (exact) mass is 234 g/mol. The SMILES string of the molecule is CCC(C)(CC)OS(=O)(=O)C(F)(F)F. The van der Waals surface area contributed by atoms with Crippen LogP contribution in [0.5, 0.6) is 0 Å². The second kappa shape index (κ2) is 4.06. The van der Waals surface area contributed by atoms with E-state index in [0.717, 1.165) is 0 Å². The Balaban J connectivity index is 4.85. The Morgan fingerprint density at radius 1 is 1.14 bits per heavy atom. The molecular formula is C7H13F3O3S. The van der Waals surface area contributed by atoms with Gasteiger partial charge in [-0.25, -0.2) is 0 Å². The van der Waals surface area contributed by atoms with Crippen LogP contribution in [0.2, 0.25) is 0 Å². The van der Waals surface area contributed by atoms with Crippen molar-refractivity contribution in [2.45, 2.75) is 44.7 Å². The summed E-state index contributed by atoms with van der Waals surface area (Å²) in [5.41, 5.74) is -6.63. The lowest BCUT2D eigenvalue weighted by molar-refractivity contribution is -0.0646. The maximum atomic E-state index is 11.9. The molecule has 7 heteroatoms. The van der Waals surface area contributed by atoms with Crippen molar-refractivity contribution < 1.29 is 25.8 Å². The molecule has 0 unspecified atom stereocenters. The molecule has 86 valence electrons. The standard InChI is InChI=1S/C7H13F3O3S/c1-4-6(3,5-2)13-14(11,12)7(8,9)10/h4-5H2,1-3H3. The van der Waals surface area contributed by atoms with Gasteiger partial charge in [0.15, 0.2) is 0 Å². The van der Waals surface area contributed by atoms with Gasteiger partial charge in [-0.2, -0.15) is 21.6 Å². The Hall–Kier alpha value is -0.300. The van der Waals surface area contributed by atoms with Gasteiger partial charge in [0.05, 0.1) is 5.60 Å². The normalized spacial score (nSPS) is 14.4. The van der Waals surface area contributed by atoms with E-state index in [2.05, 4.69) is 4.18 Å². The summed E-state index contributed by atoms with van der Waals surface area (Å²) < 4.78 is 61.2. The smallest absolute Gasteiger partial charge is 0.257 e. The summed E-state index contributed by atoms with van der Waals surface area (Å²) in [5.74, 6) is 0. The molecule has 0 rings (SSSR count). The molecule has 0 bridgehead atoms. The van der Waals surface area contributed by atoms with Gasteiger partial charge in [0.25, 0.3) is 0 Å². The molecule has 0 aromatic rings. The maximum Gasteiger partial charge on any atom is 0.523 e. The molecule has 0 N–H and O–H groups in total. The van der Waals surface area contributed by atoms with Gasteiger partial charge in [0, 0.05) is 0 Å². The summed E-state index contributed by atoms with van der Waals surface area (Å²) in [4.78, 5) is 0.